The number of carbonyl (C=O) groups is 3. The molecule has 2 aromatic carbocycles. The molecule has 2 atom stereocenters. The first-order valence-corrected chi connectivity index (χ1v) is 25.9. The van der Waals surface area contributed by atoms with Crippen LogP contribution in [-0.2, 0) is 20.9 Å². The number of phenolic OH excluding ortho intramolecular Hbond substituents is 1. The molecule has 4 N–H and O–H groups in total. The van der Waals surface area contributed by atoms with Crippen molar-refractivity contribution in [3.63, 3.8) is 0 Å². The van der Waals surface area contributed by atoms with Crippen LogP contribution in [0.2, 0.25) is 0 Å². The van der Waals surface area contributed by atoms with Crippen molar-refractivity contribution >= 4 is 40.9 Å². The van der Waals surface area contributed by atoms with Gasteiger partial charge >= 0.3 is 0 Å². The summed E-state index contributed by atoms with van der Waals surface area (Å²) in [6.45, 7) is 12.9. The number of hydrogen-bond donors (Lipinski definition) is 4. The molecule has 0 radical (unpaired) electrons. The molecule has 2 aromatic heterocycles. The SMILES string of the molecule is C#Cc1ccc(CNC(=O)C2CCCN2C(=O)C(NC(=O)C2CCC3(CC2)CC(N2CCN(c4cnc(N5CCN(c6cc(-c7ccccc7O)nnc6NC)CC5)nc4)CC24CC4)C3)C(C)(C)C)cc1. The fourth-order valence-corrected chi connectivity index (χ4v) is 12.2. The number of anilines is 4. The number of phenols is 1. The summed E-state index contributed by atoms with van der Waals surface area (Å²) in [6.07, 6.45) is 19.4. The fraction of sp³-hybridized carbons (Fsp3) is 0.545. The molecule has 6 aliphatic rings. The lowest BCUT2D eigenvalue weighted by Gasteiger charge is -2.58. The zero-order valence-corrected chi connectivity index (χ0v) is 41.9. The maximum absolute atomic E-state index is 14.2. The predicted molar refractivity (Wildman–Crippen MR) is 276 cm³/mol. The van der Waals surface area contributed by atoms with Crippen molar-refractivity contribution in [1.82, 2.24) is 40.6 Å². The van der Waals surface area contributed by atoms with Gasteiger partial charge < -0.3 is 40.7 Å². The molecule has 4 aromatic rings. The normalized spacial score (nSPS) is 24.5. The predicted octanol–water partition coefficient (Wildman–Crippen LogP) is 5.82. The number of likely N-dealkylation sites (tertiary alicyclic amines) is 1. The van der Waals surface area contributed by atoms with E-state index in [0.717, 1.165) is 106 Å². The molecule has 3 aliphatic carbocycles. The molecular formula is C55H70N12O4. The van der Waals surface area contributed by atoms with Crippen LogP contribution in [0.15, 0.2) is 67.0 Å². The van der Waals surface area contributed by atoms with Gasteiger partial charge in [0.05, 0.1) is 29.5 Å². The van der Waals surface area contributed by atoms with E-state index in [1.54, 1.807) is 17.0 Å². The monoisotopic (exact) mass is 963 g/mol. The number of nitrogens with one attached hydrogen (secondary N) is 3. The number of hydrogen-bond acceptors (Lipinski definition) is 13. The first kappa shape index (κ1) is 48.2. The van der Waals surface area contributed by atoms with E-state index < -0.39 is 17.5 Å². The second-order valence-electron chi connectivity index (χ2n) is 22.2. The van der Waals surface area contributed by atoms with Crippen LogP contribution in [0.3, 0.4) is 0 Å². The number of piperazine rings is 2. The summed E-state index contributed by atoms with van der Waals surface area (Å²) in [5.74, 6) is 3.75. The minimum absolute atomic E-state index is 0.0322. The van der Waals surface area contributed by atoms with Crippen LogP contribution in [-0.4, -0.2) is 136 Å². The zero-order chi connectivity index (χ0) is 49.5. The molecule has 10 rings (SSSR count). The highest BCUT2D eigenvalue weighted by atomic mass is 16.3. The Balaban J connectivity index is 0.682. The van der Waals surface area contributed by atoms with Crippen LogP contribution in [0, 0.1) is 29.1 Å². The summed E-state index contributed by atoms with van der Waals surface area (Å²) in [5.41, 5.74) is 5.02. The van der Waals surface area contributed by atoms with Gasteiger partial charge in [-0.15, -0.1) is 16.6 Å². The molecule has 2 spiro atoms. The van der Waals surface area contributed by atoms with Gasteiger partial charge in [-0.25, -0.2) is 9.97 Å². The lowest BCUT2D eigenvalue weighted by molar-refractivity contribution is -0.145. The van der Waals surface area contributed by atoms with E-state index >= 15 is 0 Å². The molecule has 2 unspecified atom stereocenters. The Labute approximate surface area is 418 Å². The second-order valence-corrected chi connectivity index (χ2v) is 22.2. The molecule has 0 bridgehead atoms. The van der Waals surface area contributed by atoms with Crippen LogP contribution in [0.4, 0.5) is 23.1 Å². The number of aromatic hydroxyl groups is 1. The van der Waals surface area contributed by atoms with Crippen molar-refractivity contribution in [3.05, 3.63) is 78.1 Å². The summed E-state index contributed by atoms with van der Waals surface area (Å²) < 4.78 is 0. The summed E-state index contributed by atoms with van der Waals surface area (Å²) in [4.78, 5) is 63.0. The summed E-state index contributed by atoms with van der Waals surface area (Å²) in [5, 5.41) is 28.7. The first-order valence-electron chi connectivity index (χ1n) is 25.9. The van der Waals surface area contributed by atoms with Gasteiger partial charge in [-0.3, -0.25) is 19.3 Å². The fourth-order valence-electron chi connectivity index (χ4n) is 12.2. The lowest BCUT2D eigenvalue weighted by Crippen LogP contribution is -2.63. The lowest BCUT2D eigenvalue weighted by atomic mass is 9.56. The Hall–Kier alpha value is -6.47. The Morgan fingerprint density at radius 2 is 1.54 bits per heavy atom. The number of nitrogens with zero attached hydrogens (tertiary/aromatic N) is 9. The topological polar surface area (TPSA) is 175 Å². The Kier molecular flexibility index (Phi) is 13.3. The van der Waals surface area contributed by atoms with Gasteiger partial charge in [0.2, 0.25) is 23.7 Å². The van der Waals surface area contributed by atoms with Crippen molar-refractivity contribution in [1.29, 1.82) is 0 Å². The van der Waals surface area contributed by atoms with Crippen molar-refractivity contribution in [2.75, 3.05) is 79.4 Å². The minimum atomic E-state index is -0.722. The molecule has 3 saturated carbocycles. The van der Waals surface area contributed by atoms with Crippen LogP contribution < -0.4 is 30.7 Å². The average Bonchev–Trinajstić information content (AvgIpc) is 3.95. The first-order chi connectivity index (χ1) is 34.2. The van der Waals surface area contributed by atoms with Gasteiger partial charge in [0.25, 0.3) is 0 Å². The Morgan fingerprint density at radius 1 is 0.845 bits per heavy atom. The van der Waals surface area contributed by atoms with E-state index in [4.69, 9.17) is 16.4 Å². The third kappa shape index (κ3) is 9.94. The molecular weight excluding hydrogens is 893 g/mol. The van der Waals surface area contributed by atoms with Crippen LogP contribution in [0.1, 0.15) is 96.1 Å². The van der Waals surface area contributed by atoms with Crippen LogP contribution in [0.25, 0.3) is 11.3 Å². The highest BCUT2D eigenvalue weighted by Crippen LogP contribution is 2.58. The summed E-state index contributed by atoms with van der Waals surface area (Å²) in [6, 6.07) is 16.0. The average molecular weight is 963 g/mol. The van der Waals surface area contributed by atoms with Gasteiger partial charge in [-0.2, -0.15) is 0 Å². The minimum Gasteiger partial charge on any atom is -0.507 e. The second kappa shape index (κ2) is 19.6. The van der Waals surface area contributed by atoms with Crippen molar-refractivity contribution < 1.29 is 19.5 Å². The largest absolute Gasteiger partial charge is 0.507 e. The molecule has 6 fully saturated rings. The van der Waals surface area contributed by atoms with E-state index in [-0.39, 0.29) is 34.9 Å². The standard InChI is InChI=1S/C55H70N12O4/c1-6-37-13-15-38(16-14-37)33-57-50(70)44-11-9-23-66(44)51(71)47(53(2,3)4)60-49(69)39-17-19-54(20-18-39)31-40(32-54)67-29-28-65(36-55(67)21-22-55)41-34-58-52(59-35-41)64-26-24-63(25-27-64)45-30-43(61-62-48(45)56-5)42-10-7-8-12-46(42)68/h1,7-8,10,12-16,30,34-35,39-40,44,47,68H,9,11,17-29,31-33,36H2,2-5H3,(H,56,62)(H,57,70)(H,60,69). The molecule has 71 heavy (non-hydrogen) atoms. The quantitative estimate of drug-likeness (QED) is 0.125. The van der Waals surface area contributed by atoms with E-state index in [2.05, 4.69) is 51.7 Å². The van der Waals surface area contributed by atoms with Crippen molar-refractivity contribution in [2.24, 2.45) is 16.7 Å². The summed E-state index contributed by atoms with van der Waals surface area (Å²) >= 11 is 0. The van der Waals surface area contributed by atoms with Gasteiger partial charge in [0.15, 0.2) is 5.82 Å². The van der Waals surface area contributed by atoms with Crippen LogP contribution in [0.5, 0.6) is 5.75 Å². The number of aromatic nitrogens is 4. The number of terminal acetylenes is 1. The molecule has 374 valence electrons. The van der Waals surface area contributed by atoms with E-state index in [0.29, 0.717) is 48.0 Å². The molecule has 3 saturated heterocycles. The van der Waals surface area contributed by atoms with Gasteiger partial charge in [0.1, 0.15) is 17.8 Å². The number of carbonyl (C=O) groups excluding carboxylic acids is 3. The zero-order valence-electron chi connectivity index (χ0n) is 41.9. The maximum atomic E-state index is 14.2. The summed E-state index contributed by atoms with van der Waals surface area (Å²) in [7, 11) is 1.85. The number of rotatable bonds is 12. The van der Waals surface area contributed by atoms with Gasteiger partial charge in [0, 0.05) is 94.6 Å². The highest BCUT2D eigenvalue weighted by Gasteiger charge is 2.58. The van der Waals surface area contributed by atoms with Crippen molar-refractivity contribution in [2.45, 2.75) is 115 Å². The van der Waals surface area contributed by atoms with E-state index in [1.807, 2.05) is 82.7 Å². The Bertz CT molecular complexity index is 2620. The third-order valence-electron chi connectivity index (χ3n) is 16.6. The van der Waals surface area contributed by atoms with E-state index in [1.165, 1.54) is 25.7 Å². The third-order valence-corrected chi connectivity index (χ3v) is 16.6. The number of para-hydroxylation sites is 1. The van der Waals surface area contributed by atoms with E-state index in [9.17, 15) is 19.5 Å². The highest BCUT2D eigenvalue weighted by molar-refractivity contribution is 5.93. The molecule has 3 amide bonds. The molecule has 3 aliphatic heterocycles. The number of amides is 3. The Morgan fingerprint density at radius 3 is 2.20 bits per heavy atom. The van der Waals surface area contributed by atoms with Gasteiger partial charge in [-0.1, -0.05) is 51.0 Å². The van der Waals surface area contributed by atoms with Crippen molar-refractivity contribution in [3.8, 4) is 29.4 Å². The maximum Gasteiger partial charge on any atom is 0.246 e. The smallest absolute Gasteiger partial charge is 0.246 e. The number of benzene rings is 2. The molecule has 5 heterocycles. The van der Waals surface area contributed by atoms with Gasteiger partial charge in [-0.05, 0) is 111 Å². The van der Waals surface area contributed by atoms with Crippen LogP contribution >= 0.6 is 0 Å². The molecule has 16 heteroatoms. The molecule has 16 nitrogen and oxygen atoms in total.